The molecule has 0 aromatic heterocycles. The molecule has 2 aromatic rings. The van der Waals surface area contributed by atoms with E-state index in [1.807, 2.05) is 0 Å². The van der Waals surface area contributed by atoms with Gasteiger partial charge in [0.15, 0.2) is 0 Å². The molecule has 1 amide bonds. The Bertz CT molecular complexity index is 1050. The Morgan fingerprint density at radius 3 is 2.27 bits per heavy atom. The van der Waals surface area contributed by atoms with E-state index in [-0.39, 0.29) is 29.2 Å². The summed E-state index contributed by atoms with van der Waals surface area (Å²) in [5.74, 6) is -0.698. The maximum Gasteiger partial charge on any atom is 0.424 e. The maximum absolute atomic E-state index is 13.9. The fourth-order valence-electron chi connectivity index (χ4n) is 2.67. The molecule has 0 radical (unpaired) electrons. The van der Waals surface area contributed by atoms with E-state index in [1.165, 1.54) is 64.1 Å². The minimum absolute atomic E-state index is 0.0638. The molecular weight excluding hydrogens is 415 g/mol. The van der Waals surface area contributed by atoms with Crippen LogP contribution in [0.5, 0.6) is 0 Å². The second kappa shape index (κ2) is 8.78. The second-order valence-corrected chi connectivity index (χ2v) is 9.43. The summed E-state index contributed by atoms with van der Waals surface area (Å²) in [6.07, 6.45) is -0.855. The van der Waals surface area contributed by atoms with E-state index in [0.717, 1.165) is 6.07 Å². The average Bonchev–Trinajstić information content (AvgIpc) is 2.63. The molecule has 0 N–H and O–H groups in total. The fourth-order valence-corrected chi connectivity index (χ4v) is 4.34. The number of aryl methyl sites for hydroxylation is 1. The van der Waals surface area contributed by atoms with Gasteiger partial charge in [-0.2, -0.15) is 4.31 Å². The van der Waals surface area contributed by atoms with E-state index in [4.69, 9.17) is 4.74 Å². The lowest BCUT2D eigenvalue weighted by molar-refractivity contribution is -0.384. The smallest absolute Gasteiger partial charge is 0.424 e. The van der Waals surface area contributed by atoms with Crippen molar-refractivity contribution in [2.24, 2.45) is 0 Å². The number of nitrogens with zero attached hydrogens (tertiary/aromatic N) is 2. The fraction of sp³-hybridized carbons (Fsp3) is 0.350. The number of hydrogen-bond donors (Lipinski definition) is 0. The van der Waals surface area contributed by atoms with Gasteiger partial charge >= 0.3 is 6.09 Å². The van der Waals surface area contributed by atoms with E-state index in [2.05, 4.69) is 0 Å². The number of nitro groups is 1. The van der Waals surface area contributed by atoms with Gasteiger partial charge in [0.25, 0.3) is 15.7 Å². The van der Waals surface area contributed by atoms with E-state index < -0.39 is 32.4 Å². The number of carbonyl (C=O) groups is 1. The number of sulfonamides is 1. The van der Waals surface area contributed by atoms with Crippen LogP contribution >= 0.6 is 0 Å². The summed E-state index contributed by atoms with van der Waals surface area (Å²) in [4.78, 5) is 22.4. The zero-order valence-electron chi connectivity index (χ0n) is 17.1. The summed E-state index contributed by atoms with van der Waals surface area (Å²) in [7, 11) is -4.36. The highest BCUT2D eigenvalue weighted by Gasteiger charge is 2.39. The van der Waals surface area contributed by atoms with E-state index >= 15 is 0 Å². The second-order valence-electron chi connectivity index (χ2n) is 7.64. The van der Waals surface area contributed by atoms with Crippen LogP contribution in [-0.4, -0.2) is 35.9 Å². The highest BCUT2D eigenvalue weighted by Crippen LogP contribution is 2.26. The number of benzene rings is 2. The van der Waals surface area contributed by atoms with Crippen LogP contribution in [0.4, 0.5) is 14.9 Å². The first-order valence-corrected chi connectivity index (χ1v) is 10.5. The van der Waals surface area contributed by atoms with Crippen molar-refractivity contribution in [3.05, 3.63) is 69.5 Å². The van der Waals surface area contributed by atoms with E-state index in [0.29, 0.717) is 9.87 Å². The van der Waals surface area contributed by atoms with E-state index in [9.17, 15) is 27.7 Å². The molecule has 0 fully saturated rings. The lowest BCUT2D eigenvalue weighted by atomic mass is 10.1. The van der Waals surface area contributed by atoms with Crippen LogP contribution in [0.2, 0.25) is 0 Å². The molecule has 8 nitrogen and oxygen atoms in total. The van der Waals surface area contributed by atoms with Crippen molar-refractivity contribution in [3.63, 3.8) is 0 Å². The summed E-state index contributed by atoms with van der Waals surface area (Å²) in [5.41, 5.74) is -0.267. The Labute approximate surface area is 174 Å². The SMILES string of the molecule is Cc1ccc(S(=O)(=O)N(C(=O)OCCc2ccc([N+](=O)[O-])cc2)C(C)(C)C)cc1F. The van der Waals surface area contributed by atoms with Crippen molar-refractivity contribution in [3.8, 4) is 0 Å². The topological polar surface area (TPSA) is 107 Å². The Kier molecular flexibility index (Phi) is 6.81. The van der Waals surface area contributed by atoms with Crippen molar-refractivity contribution in [1.29, 1.82) is 0 Å². The summed E-state index contributed by atoms with van der Waals surface area (Å²) in [6, 6.07) is 9.13. The highest BCUT2D eigenvalue weighted by atomic mass is 32.2. The van der Waals surface area contributed by atoms with Gasteiger partial charge in [-0.25, -0.2) is 17.6 Å². The Balaban J connectivity index is 2.17. The van der Waals surface area contributed by atoms with Crippen molar-refractivity contribution in [2.45, 2.75) is 44.6 Å². The van der Waals surface area contributed by atoms with Crippen LogP contribution in [0.1, 0.15) is 31.9 Å². The molecule has 0 saturated heterocycles. The maximum atomic E-state index is 13.9. The average molecular weight is 438 g/mol. The van der Waals surface area contributed by atoms with Crippen molar-refractivity contribution < 1.29 is 27.3 Å². The van der Waals surface area contributed by atoms with Crippen molar-refractivity contribution in [2.75, 3.05) is 6.61 Å². The third-order valence-corrected chi connectivity index (χ3v) is 6.25. The molecule has 162 valence electrons. The quantitative estimate of drug-likeness (QED) is 0.494. The van der Waals surface area contributed by atoms with Crippen LogP contribution in [-0.2, 0) is 21.2 Å². The molecule has 0 aliphatic carbocycles. The van der Waals surface area contributed by atoms with E-state index in [1.54, 1.807) is 0 Å². The summed E-state index contributed by atoms with van der Waals surface area (Å²) in [5, 5.41) is 10.7. The molecule has 30 heavy (non-hydrogen) atoms. The van der Waals surface area contributed by atoms with Crippen LogP contribution in [0.25, 0.3) is 0 Å². The summed E-state index contributed by atoms with van der Waals surface area (Å²) >= 11 is 0. The predicted molar refractivity (Wildman–Crippen MR) is 108 cm³/mol. The number of non-ortho nitro benzene ring substituents is 1. The van der Waals surface area contributed by atoms with Gasteiger partial charge in [0.1, 0.15) is 5.82 Å². The number of nitro benzene ring substituents is 1. The Morgan fingerprint density at radius 1 is 1.17 bits per heavy atom. The van der Waals surface area contributed by atoms with Crippen LogP contribution < -0.4 is 0 Å². The van der Waals surface area contributed by atoms with Crippen LogP contribution in [0.3, 0.4) is 0 Å². The van der Waals surface area contributed by atoms with Gasteiger partial charge < -0.3 is 4.74 Å². The zero-order valence-corrected chi connectivity index (χ0v) is 17.9. The minimum Gasteiger partial charge on any atom is -0.448 e. The number of halogens is 1. The van der Waals surface area contributed by atoms with Gasteiger partial charge in [-0.15, -0.1) is 0 Å². The highest BCUT2D eigenvalue weighted by molar-refractivity contribution is 7.89. The van der Waals surface area contributed by atoms with Crippen LogP contribution in [0.15, 0.2) is 47.4 Å². The molecule has 0 bridgehead atoms. The Morgan fingerprint density at radius 2 is 1.77 bits per heavy atom. The molecule has 2 rings (SSSR count). The molecule has 0 saturated carbocycles. The first-order chi connectivity index (χ1) is 13.8. The number of rotatable bonds is 6. The van der Waals surface area contributed by atoms with Crippen molar-refractivity contribution in [1.82, 2.24) is 4.31 Å². The van der Waals surface area contributed by atoms with Crippen molar-refractivity contribution >= 4 is 21.8 Å². The molecule has 2 aromatic carbocycles. The minimum atomic E-state index is -4.36. The van der Waals surface area contributed by atoms with Crippen LogP contribution in [0, 0.1) is 22.9 Å². The standard InChI is InChI=1S/C20H23FN2O6S/c1-14-5-10-17(13-18(14)21)30(27,28)22(20(2,3)4)19(24)29-12-11-15-6-8-16(9-7-15)23(25)26/h5-10,13H,11-12H2,1-4H3. The monoisotopic (exact) mass is 438 g/mol. The zero-order chi connectivity index (χ0) is 22.7. The molecular formula is C20H23FN2O6S. The normalized spacial score (nSPS) is 11.8. The molecule has 0 atom stereocenters. The lowest BCUT2D eigenvalue weighted by Crippen LogP contribution is -2.49. The molecule has 0 heterocycles. The number of ether oxygens (including phenoxy) is 1. The van der Waals surface area contributed by atoms with Gasteiger partial charge in [0.05, 0.1) is 22.0 Å². The third-order valence-electron chi connectivity index (χ3n) is 4.22. The number of carbonyl (C=O) groups excluding carboxylic acids is 1. The van der Waals surface area contributed by atoms with Gasteiger partial charge in [-0.3, -0.25) is 10.1 Å². The predicted octanol–water partition coefficient (Wildman–Crippen LogP) is 4.21. The summed E-state index contributed by atoms with van der Waals surface area (Å²) < 4.78 is 45.7. The Hall–Kier alpha value is -3.01. The molecule has 10 heteroatoms. The number of hydrogen-bond acceptors (Lipinski definition) is 6. The molecule has 0 spiro atoms. The lowest BCUT2D eigenvalue weighted by Gasteiger charge is -2.33. The largest absolute Gasteiger partial charge is 0.448 e. The molecule has 0 aliphatic heterocycles. The van der Waals surface area contributed by atoms with Gasteiger partial charge in [0.2, 0.25) is 0 Å². The third kappa shape index (κ3) is 5.32. The van der Waals surface area contributed by atoms with Gasteiger partial charge in [-0.1, -0.05) is 18.2 Å². The van der Waals surface area contributed by atoms with Gasteiger partial charge in [-0.05, 0) is 51.0 Å². The first kappa shape index (κ1) is 23.3. The summed E-state index contributed by atoms with van der Waals surface area (Å²) in [6.45, 7) is 5.92. The first-order valence-electron chi connectivity index (χ1n) is 9.05. The molecule has 0 unspecified atom stereocenters. The molecule has 0 aliphatic rings. The van der Waals surface area contributed by atoms with Gasteiger partial charge in [0, 0.05) is 18.6 Å². The number of amides is 1.